The van der Waals surface area contributed by atoms with Crippen LogP contribution in [0.4, 0.5) is 13.2 Å². The van der Waals surface area contributed by atoms with E-state index in [-0.39, 0.29) is 12.6 Å². The van der Waals surface area contributed by atoms with E-state index in [4.69, 9.17) is 5.73 Å². The zero-order valence-electron chi connectivity index (χ0n) is 8.60. The SMILES string of the molecule is CC(C)NC(COCC(F)(F)F)C(N)=O. The molecule has 0 heterocycles. The third kappa shape index (κ3) is 8.19. The van der Waals surface area contributed by atoms with Crippen molar-refractivity contribution in [1.82, 2.24) is 5.32 Å². The lowest BCUT2D eigenvalue weighted by Crippen LogP contribution is -2.47. The van der Waals surface area contributed by atoms with Crippen molar-refractivity contribution >= 4 is 5.91 Å². The smallest absolute Gasteiger partial charge is 0.370 e. The maximum atomic E-state index is 11.7. The lowest BCUT2D eigenvalue weighted by Gasteiger charge is -2.18. The maximum absolute atomic E-state index is 11.7. The van der Waals surface area contributed by atoms with Crippen LogP contribution in [0.2, 0.25) is 0 Å². The second-order valence-corrected chi connectivity index (χ2v) is 3.41. The molecule has 15 heavy (non-hydrogen) atoms. The van der Waals surface area contributed by atoms with Gasteiger partial charge in [-0.05, 0) is 0 Å². The van der Waals surface area contributed by atoms with Crippen molar-refractivity contribution in [3.8, 4) is 0 Å². The monoisotopic (exact) mass is 228 g/mol. The summed E-state index contributed by atoms with van der Waals surface area (Å²) in [5.41, 5.74) is 4.97. The van der Waals surface area contributed by atoms with Gasteiger partial charge in [-0.15, -0.1) is 0 Å². The van der Waals surface area contributed by atoms with Crippen LogP contribution in [0, 0.1) is 0 Å². The fourth-order valence-electron chi connectivity index (χ4n) is 0.907. The van der Waals surface area contributed by atoms with Crippen molar-refractivity contribution in [2.24, 2.45) is 5.73 Å². The number of nitrogens with two attached hydrogens (primary N) is 1. The Kier molecular flexibility index (Phi) is 5.59. The van der Waals surface area contributed by atoms with Gasteiger partial charge in [-0.25, -0.2) is 0 Å². The Hall–Kier alpha value is -0.820. The summed E-state index contributed by atoms with van der Waals surface area (Å²) in [6.07, 6.45) is -4.39. The first kappa shape index (κ1) is 14.2. The Bertz CT molecular complexity index is 207. The molecule has 0 spiro atoms. The number of hydrogen-bond donors (Lipinski definition) is 2. The third-order valence-electron chi connectivity index (χ3n) is 1.43. The lowest BCUT2D eigenvalue weighted by atomic mass is 10.2. The van der Waals surface area contributed by atoms with Crippen LogP contribution in [-0.2, 0) is 9.53 Å². The standard InChI is InChI=1S/C8H15F3N2O2/c1-5(2)13-6(7(12)14)3-15-4-8(9,10)11/h5-6,13H,3-4H2,1-2H3,(H2,12,14). The molecule has 0 saturated heterocycles. The number of amides is 1. The number of hydrogen-bond acceptors (Lipinski definition) is 3. The van der Waals surface area contributed by atoms with E-state index in [2.05, 4.69) is 10.1 Å². The fraction of sp³-hybridized carbons (Fsp3) is 0.875. The van der Waals surface area contributed by atoms with E-state index in [1.807, 2.05) is 0 Å². The van der Waals surface area contributed by atoms with Crippen LogP contribution < -0.4 is 11.1 Å². The average molecular weight is 228 g/mol. The fourth-order valence-corrected chi connectivity index (χ4v) is 0.907. The summed E-state index contributed by atoms with van der Waals surface area (Å²) in [7, 11) is 0. The Morgan fingerprint density at radius 3 is 2.33 bits per heavy atom. The van der Waals surface area contributed by atoms with Gasteiger partial charge >= 0.3 is 6.18 Å². The number of alkyl halides is 3. The van der Waals surface area contributed by atoms with Crippen molar-refractivity contribution in [2.45, 2.75) is 32.1 Å². The van der Waals surface area contributed by atoms with Gasteiger partial charge in [0.1, 0.15) is 12.6 Å². The average Bonchev–Trinajstić information content (AvgIpc) is 1.99. The molecule has 1 unspecified atom stereocenters. The molecule has 0 aliphatic rings. The molecule has 1 atom stereocenters. The molecule has 0 aromatic carbocycles. The maximum Gasteiger partial charge on any atom is 0.411 e. The highest BCUT2D eigenvalue weighted by Crippen LogP contribution is 2.14. The quantitative estimate of drug-likeness (QED) is 0.692. The van der Waals surface area contributed by atoms with Gasteiger partial charge in [0.15, 0.2) is 0 Å². The summed E-state index contributed by atoms with van der Waals surface area (Å²) >= 11 is 0. The molecule has 0 aromatic heterocycles. The van der Waals surface area contributed by atoms with E-state index in [1.54, 1.807) is 13.8 Å². The van der Waals surface area contributed by atoms with Gasteiger partial charge in [0.05, 0.1) is 6.61 Å². The summed E-state index contributed by atoms with van der Waals surface area (Å²) in [4.78, 5) is 10.8. The summed E-state index contributed by atoms with van der Waals surface area (Å²) in [5.74, 6) is -0.731. The highest BCUT2D eigenvalue weighted by atomic mass is 19.4. The van der Waals surface area contributed by atoms with E-state index < -0.39 is 24.7 Å². The molecule has 0 saturated carbocycles. The van der Waals surface area contributed by atoms with Crippen molar-refractivity contribution < 1.29 is 22.7 Å². The van der Waals surface area contributed by atoms with Gasteiger partial charge in [-0.3, -0.25) is 4.79 Å². The molecule has 4 nitrogen and oxygen atoms in total. The van der Waals surface area contributed by atoms with Crippen LogP contribution in [0.5, 0.6) is 0 Å². The zero-order chi connectivity index (χ0) is 12.1. The Labute approximate surface area is 86.0 Å². The molecule has 0 radical (unpaired) electrons. The Balaban J connectivity index is 3.92. The van der Waals surface area contributed by atoms with Crippen LogP contribution in [-0.4, -0.2) is 37.4 Å². The summed E-state index contributed by atoms with van der Waals surface area (Å²) in [5, 5.41) is 2.70. The van der Waals surface area contributed by atoms with Crippen molar-refractivity contribution in [3.63, 3.8) is 0 Å². The summed E-state index contributed by atoms with van der Waals surface area (Å²) < 4.78 is 39.5. The zero-order valence-corrected chi connectivity index (χ0v) is 8.60. The van der Waals surface area contributed by atoms with Gasteiger partial charge in [-0.2, -0.15) is 13.2 Å². The number of carbonyl (C=O) groups excluding carboxylic acids is 1. The molecular weight excluding hydrogens is 213 g/mol. The molecule has 0 aliphatic heterocycles. The first-order valence-corrected chi connectivity index (χ1v) is 4.42. The van der Waals surface area contributed by atoms with Gasteiger partial charge < -0.3 is 15.8 Å². The molecule has 1 amide bonds. The van der Waals surface area contributed by atoms with Crippen molar-refractivity contribution in [1.29, 1.82) is 0 Å². The molecule has 7 heteroatoms. The number of rotatable bonds is 6. The number of nitrogens with one attached hydrogen (secondary N) is 1. The van der Waals surface area contributed by atoms with E-state index in [1.165, 1.54) is 0 Å². The minimum atomic E-state index is -4.39. The molecule has 0 aliphatic carbocycles. The second kappa shape index (κ2) is 5.92. The first-order chi connectivity index (χ1) is 6.72. The predicted octanol–water partition coefficient (Wildman–Crippen LogP) is 0.417. The molecule has 0 aromatic rings. The van der Waals surface area contributed by atoms with Crippen LogP contribution in [0.25, 0.3) is 0 Å². The summed E-state index contributed by atoms with van der Waals surface area (Å²) in [6.45, 7) is 1.74. The van der Waals surface area contributed by atoms with Gasteiger partial charge in [0.2, 0.25) is 5.91 Å². The summed E-state index contributed by atoms with van der Waals surface area (Å²) in [6, 6.07) is -0.954. The number of halogens is 3. The topological polar surface area (TPSA) is 64.3 Å². The van der Waals surface area contributed by atoms with Crippen LogP contribution in [0.15, 0.2) is 0 Å². The van der Waals surface area contributed by atoms with Crippen molar-refractivity contribution in [3.05, 3.63) is 0 Å². The molecule has 0 rings (SSSR count). The molecular formula is C8H15F3N2O2. The highest BCUT2D eigenvalue weighted by molar-refractivity contribution is 5.80. The number of ether oxygens (including phenoxy) is 1. The van der Waals surface area contributed by atoms with E-state index in [0.717, 1.165) is 0 Å². The Morgan fingerprint density at radius 1 is 1.47 bits per heavy atom. The van der Waals surface area contributed by atoms with Gasteiger partial charge in [-0.1, -0.05) is 13.8 Å². The van der Waals surface area contributed by atoms with Gasteiger partial charge in [0, 0.05) is 6.04 Å². The normalized spacial score (nSPS) is 14.3. The molecule has 90 valence electrons. The molecule has 3 N–H and O–H groups in total. The van der Waals surface area contributed by atoms with E-state index >= 15 is 0 Å². The van der Waals surface area contributed by atoms with Crippen LogP contribution >= 0.6 is 0 Å². The second-order valence-electron chi connectivity index (χ2n) is 3.41. The van der Waals surface area contributed by atoms with Crippen LogP contribution in [0.3, 0.4) is 0 Å². The highest BCUT2D eigenvalue weighted by Gasteiger charge is 2.28. The molecule has 0 fully saturated rings. The predicted molar refractivity (Wildman–Crippen MR) is 48.1 cm³/mol. The first-order valence-electron chi connectivity index (χ1n) is 4.42. The van der Waals surface area contributed by atoms with Crippen molar-refractivity contribution in [2.75, 3.05) is 13.2 Å². The minimum Gasteiger partial charge on any atom is -0.370 e. The lowest BCUT2D eigenvalue weighted by molar-refractivity contribution is -0.176. The minimum absolute atomic E-state index is 0.0583. The number of carbonyl (C=O) groups is 1. The molecule has 0 bridgehead atoms. The van der Waals surface area contributed by atoms with Crippen LogP contribution in [0.1, 0.15) is 13.8 Å². The van der Waals surface area contributed by atoms with E-state index in [0.29, 0.717) is 0 Å². The Morgan fingerprint density at radius 2 is 2.00 bits per heavy atom. The van der Waals surface area contributed by atoms with E-state index in [9.17, 15) is 18.0 Å². The third-order valence-corrected chi connectivity index (χ3v) is 1.43. The number of primary amides is 1. The van der Waals surface area contributed by atoms with Gasteiger partial charge in [0.25, 0.3) is 0 Å². The largest absolute Gasteiger partial charge is 0.411 e.